The molecule has 0 heterocycles. The Bertz CT molecular complexity index is 152. The number of carbonyl (C=O) groups is 1. The Labute approximate surface area is 80.7 Å². The number of carboxylic acid groups (broad SMARTS) is 1. The van der Waals surface area contributed by atoms with Gasteiger partial charge < -0.3 is 20.1 Å². The van der Waals surface area contributed by atoms with Gasteiger partial charge in [-0.25, -0.2) is 0 Å². The number of aliphatic hydroxyl groups excluding tert-OH is 2. The zero-order valence-electron chi connectivity index (χ0n) is 7.34. The van der Waals surface area contributed by atoms with Crippen LogP contribution in [0.15, 0.2) is 0 Å². The van der Waals surface area contributed by atoms with Crippen molar-refractivity contribution in [2.45, 2.75) is 11.4 Å². The molecule has 0 aromatic heterocycles. The van der Waals surface area contributed by atoms with Gasteiger partial charge in [-0.15, -0.1) is 11.8 Å². The summed E-state index contributed by atoms with van der Waals surface area (Å²) in [5.41, 5.74) is 0. The highest BCUT2D eigenvalue weighted by molar-refractivity contribution is 8.00. The van der Waals surface area contributed by atoms with Crippen LogP contribution in [0.25, 0.3) is 0 Å². The van der Waals surface area contributed by atoms with E-state index in [0.717, 1.165) is 11.8 Å². The van der Waals surface area contributed by atoms with Crippen LogP contribution in [0.3, 0.4) is 0 Å². The van der Waals surface area contributed by atoms with Crippen molar-refractivity contribution >= 4 is 17.7 Å². The fourth-order valence-corrected chi connectivity index (χ4v) is 1.56. The molecule has 0 saturated carbocycles. The summed E-state index contributed by atoms with van der Waals surface area (Å²) in [6.45, 7) is -0.259. The molecule has 0 aromatic carbocycles. The van der Waals surface area contributed by atoms with Crippen LogP contribution in [0.5, 0.6) is 0 Å². The fourth-order valence-electron chi connectivity index (χ4n) is 0.622. The average Bonchev–Trinajstić information content (AvgIpc) is 2.11. The summed E-state index contributed by atoms with van der Waals surface area (Å²) in [5.74, 6) is -0.784. The molecule has 0 amide bonds. The third kappa shape index (κ3) is 5.87. The van der Waals surface area contributed by atoms with E-state index in [1.807, 2.05) is 0 Å². The number of methoxy groups -OCH3 is 1. The molecule has 5 nitrogen and oxygen atoms in total. The molecule has 0 spiro atoms. The van der Waals surface area contributed by atoms with E-state index in [4.69, 9.17) is 15.3 Å². The number of rotatable bonds is 7. The van der Waals surface area contributed by atoms with Gasteiger partial charge in [0.2, 0.25) is 0 Å². The number of aliphatic carboxylic acids is 1. The number of ether oxygens (including phenoxy) is 1. The highest BCUT2D eigenvalue weighted by atomic mass is 32.2. The van der Waals surface area contributed by atoms with Crippen LogP contribution in [-0.4, -0.2) is 58.7 Å². The van der Waals surface area contributed by atoms with E-state index in [1.54, 1.807) is 0 Å². The standard InChI is InChI=1S/C7H14O5S/c1-12-3-6(7(10)11)13-4-5(9)2-8/h5-6,8-9H,2-4H2,1H3,(H,10,11). The van der Waals surface area contributed by atoms with E-state index in [9.17, 15) is 4.79 Å². The molecule has 0 aliphatic heterocycles. The average molecular weight is 210 g/mol. The Morgan fingerprint density at radius 2 is 2.23 bits per heavy atom. The molecule has 0 saturated heterocycles. The summed E-state index contributed by atoms with van der Waals surface area (Å²) in [5, 5.41) is 25.4. The molecule has 0 aromatic rings. The molecule has 0 aliphatic carbocycles. The fraction of sp³-hybridized carbons (Fsp3) is 0.857. The molecule has 78 valence electrons. The van der Waals surface area contributed by atoms with Crippen LogP contribution in [0.4, 0.5) is 0 Å². The first-order valence-electron chi connectivity index (χ1n) is 3.74. The number of hydrogen-bond donors (Lipinski definition) is 3. The van der Waals surface area contributed by atoms with Gasteiger partial charge in [0.15, 0.2) is 0 Å². The van der Waals surface area contributed by atoms with Crippen molar-refractivity contribution in [1.82, 2.24) is 0 Å². The van der Waals surface area contributed by atoms with Gasteiger partial charge in [-0.2, -0.15) is 0 Å². The summed E-state index contributed by atoms with van der Waals surface area (Å²) in [4.78, 5) is 10.5. The van der Waals surface area contributed by atoms with Gasteiger partial charge in [0.05, 0.1) is 19.3 Å². The zero-order chi connectivity index (χ0) is 10.3. The summed E-state index contributed by atoms with van der Waals surface area (Å²) in [7, 11) is 1.42. The third-order valence-electron chi connectivity index (χ3n) is 1.29. The van der Waals surface area contributed by atoms with Crippen LogP contribution >= 0.6 is 11.8 Å². The second-order valence-electron chi connectivity index (χ2n) is 2.45. The van der Waals surface area contributed by atoms with Crippen molar-refractivity contribution in [3.63, 3.8) is 0 Å². The van der Waals surface area contributed by atoms with E-state index >= 15 is 0 Å². The smallest absolute Gasteiger partial charge is 0.319 e. The van der Waals surface area contributed by atoms with Crippen molar-refractivity contribution in [2.24, 2.45) is 0 Å². The van der Waals surface area contributed by atoms with Crippen molar-refractivity contribution in [3.05, 3.63) is 0 Å². The third-order valence-corrected chi connectivity index (χ3v) is 2.61. The number of thioether (sulfide) groups is 1. The lowest BCUT2D eigenvalue weighted by Gasteiger charge is -2.12. The highest BCUT2D eigenvalue weighted by Gasteiger charge is 2.18. The molecule has 0 radical (unpaired) electrons. The van der Waals surface area contributed by atoms with E-state index in [2.05, 4.69) is 4.74 Å². The summed E-state index contributed by atoms with van der Waals surface area (Å²) in [6, 6.07) is 0. The van der Waals surface area contributed by atoms with Gasteiger partial charge in [0, 0.05) is 12.9 Å². The largest absolute Gasteiger partial charge is 0.480 e. The minimum atomic E-state index is -0.975. The molecule has 0 fully saturated rings. The lowest BCUT2D eigenvalue weighted by molar-refractivity contribution is -0.137. The first-order valence-corrected chi connectivity index (χ1v) is 4.79. The molecule has 2 unspecified atom stereocenters. The second-order valence-corrected chi connectivity index (χ2v) is 3.69. The van der Waals surface area contributed by atoms with E-state index in [-0.39, 0.29) is 19.0 Å². The monoisotopic (exact) mass is 210 g/mol. The van der Waals surface area contributed by atoms with Crippen molar-refractivity contribution in [3.8, 4) is 0 Å². The molecule has 13 heavy (non-hydrogen) atoms. The summed E-state index contributed by atoms with van der Waals surface area (Å²) < 4.78 is 4.69. The predicted molar refractivity (Wildman–Crippen MR) is 48.9 cm³/mol. The second kappa shape index (κ2) is 7.14. The van der Waals surface area contributed by atoms with Gasteiger partial charge in [-0.05, 0) is 0 Å². The topological polar surface area (TPSA) is 87.0 Å². The number of hydrogen-bond acceptors (Lipinski definition) is 5. The molecule has 3 N–H and O–H groups in total. The van der Waals surface area contributed by atoms with Crippen molar-refractivity contribution in [2.75, 3.05) is 26.1 Å². The highest BCUT2D eigenvalue weighted by Crippen LogP contribution is 2.12. The van der Waals surface area contributed by atoms with Crippen LogP contribution in [0.1, 0.15) is 0 Å². The first kappa shape index (κ1) is 12.7. The Hall–Kier alpha value is -0.300. The SMILES string of the molecule is COCC(SCC(O)CO)C(=O)O. The minimum Gasteiger partial charge on any atom is -0.480 e. The van der Waals surface area contributed by atoms with Gasteiger partial charge in [0.1, 0.15) is 5.25 Å². The summed E-state index contributed by atoms with van der Waals surface area (Å²) >= 11 is 1.05. The molecule has 2 atom stereocenters. The van der Waals surface area contributed by atoms with Gasteiger partial charge >= 0.3 is 5.97 Å². The van der Waals surface area contributed by atoms with Crippen LogP contribution in [0.2, 0.25) is 0 Å². The Morgan fingerprint density at radius 3 is 2.62 bits per heavy atom. The van der Waals surface area contributed by atoms with Crippen molar-refractivity contribution in [1.29, 1.82) is 0 Å². The number of aliphatic hydroxyl groups is 2. The Balaban J connectivity index is 3.75. The summed E-state index contributed by atoms with van der Waals surface area (Å²) in [6.07, 6.45) is -0.872. The first-order chi connectivity index (χ1) is 6.11. The predicted octanol–water partition coefficient (Wildman–Crippen LogP) is -0.828. The van der Waals surface area contributed by atoms with E-state index in [1.165, 1.54) is 7.11 Å². The maximum absolute atomic E-state index is 10.5. The van der Waals surface area contributed by atoms with Gasteiger partial charge in [-0.3, -0.25) is 4.79 Å². The quantitative estimate of drug-likeness (QED) is 0.508. The Kier molecular flexibility index (Phi) is 6.97. The van der Waals surface area contributed by atoms with Gasteiger partial charge in [0.25, 0.3) is 0 Å². The van der Waals surface area contributed by atoms with E-state index in [0.29, 0.717) is 0 Å². The van der Waals surface area contributed by atoms with E-state index < -0.39 is 17.3 Å². The molecular weight excluding hydrogens is 196 g/mol. The van der Waals surface area contributed by atoms with Crippen LogP contribution < -0.4 is 0 Å². The maximum atomic E-state index is 10.5. The van der Waals surface area contributed by atoms with Gasteiger partial charge in [-0.1, -0.05) is 0 Å². The molecule has 0 rings (SSSR count). The normalized spacial score (nSPS) is 15.3. The Morgan fingerprint density at radius 1 is 1.62 bits per heavy atom. The lowest BCUT2D eigenvalue weighted by Crippen LogP contribution is -2.25. The molecule has 0 aliphatic rings. The molecular formula is C7H14O5S. The van der Waals surface area contributed by atoms with Crippen LogP contribution in [0, 0.1) is 0 Å². The van der Waals surface area contributed by atoms with Crippen LogP contribution in [-0.2, 0) is 9.53 Å². The zero-order valence-corrected chi connectivity index (χ0v) is 8.16. The lowest BCUT2D eigenvalue weighted by atomic mass is 10.4. The molecule has 0 bridgehead atoms. The van der Waals surface area contributed by atoms with Crippen molar-refractivity contribution < 1.29 is 24.9 Å². The maximum Gasteiger partial charge on any atom is 0.319 e. The number of carboxylic acids is 1. The minimum absolute atomic E-state index is 0.0954. The molecule has 6 heteroatoms.